The van der Waals surface area contributed by atoms with Crippen LogP contribution < -0.4 is 0 Å². The topological polar surface area (TPSA) is 54.4 Å². The molecule has 0 aromatic heterocycles. The first kappa shape index (κ1) is 22.7. The summed E-state index contributed by atoms with van der Waals surface area (Å²) in [6.45, 7) is 16.2. The summed E-state index contributed by atoms with van der Waals surface area (Å²) in [5.41, 5.74) is -0.141. The highest BCUT2D eigenvalue weighted by Gasteiger charge is 2.71. The van der Waals surface area contributed by atoms with Crippen molar-refractivity contribution in [2.75, 3.05) is 0 Å². The molecule has 0 aromatic rings. The first-order valence-electron chi connectivity index (χ1n) is 13.3. The van der Waals surface area contributed by atoms with Crippen LogP contribution >= 0.6 is 0 Å². The van der Waals surface area contributed by atoms with Crippen molar-refractivity contribution in [2.45, 2.75) is 98.8 Å². The van der Waals surface area contributed by atoms with Crippen molar-refractivity contribution in [1.29, 1.82) is 0 Å². The van der Waals surface area contributed by atoms with E-state index in [1.54, 1.807) is 0 Å². The lowest BCUT2D eigenvalue weighted by Gasteiger charge is -2.72. The van der Waals surface area contributed by atoms with Crippen LogP contribution in [0.5, 0.6) is 0 Å². The number of carboxylic acids is 1. The Balaban J connectivity index is 1.57. The van der Waals surface area contributed by atoms with Crippen LogP contribution in [0.1, 0.15) is 98.8 Å². The number of rotatable bonds is 2. The van der Waals surface area contributed by atoms with Gasteiger partial charge >= 0.3 is 5.97 Å². The molecule has 9 atom stereocenters. The third-order valence-corrected chi connectivity index (χ3v) is 13.0. The highest BCUT2D eigenvalue weighted by Crippen LogP contribution is 2.77. The Hall–Kier alpha value is -1.12. The monoisotopic (exact) mass is 440 g/mol. The van der Waals surface area contributed by atoms with Gasteiger partial charge in [0.05, 0.1) is 5.41 Å². The van der Waals surface area contributed by atoms with Crippen LogP contribution in [0.4, 0.5) is 0 Å². The third kappa shape index (κ3) is 2.44. The Kier molecular flexibility index (Phi) is 4.76. The Morgan fingerprint density at radius 3 is 2.28 bits per heavy atom. The summed E-state index contributed by atoms with van der Waals surface area (Å²) < 4.78 is 0. The fourth-order valence-electron chi connectivity index (χ4n) is 11.1. The van der Waals surface area contributed by atoms with E-state index in [1.807, 2.05) is 0 Å². The van der Waals surface area contributed by atoms with Crippen LogP contribution in [0, 0.1) is 56.7 Å². The molecule has 32 heavy (non-hydrogen) atoms. The van der Waals surface area contributed by atoms with Crippen LogP contribution in [0.25, 0.3) is 0 Å². The molecule has 0 aliphatic heterocycles. The summed E-state index contributed by atoms with van der Waals surface area (Å²) in [5, 5.41) is 10.4. The van der Waals surface area contributed by atoms with E-state index in [9.17, 15) is 14.7 Å². The summed E-state index contributed by atoms with van der Waals surface area (Å²) in [6, 6.07) is 0. The quantitative estimate of drug-likeness (QED) is 0.475. The first-order valence-corrected chi connectivity index (χ1v) is 13.3. The lowest BCUT2D eigenvalue weighted by molar-refractivity contribution is -0.235. The highest BCUT2D eigenvalue weighted by molar-refractivity contribution is 5.85. The Morgan fingerprint density at radius 1 is 0.906 bits per heavy atom. The van der Waals surface area contributed by atoms with E-state index in [0.717, 1.165) is 51.4 Å². The van der Waals surface area contributed by atoms with Crippen molar-refractivity contribution in [1.82, 2.24) is 0 Å². The number of allylic oxidation sites excluding steroid dienone is 1. The number of carbonyl (C=O) groups excluding carboxylic acids is 1. The van der Waals surface area contributed by atoms with Gasteiger partial charge in [-0.2, -0.15) is 0 Å². The van der Waals surface area contributed by atoms with Gasteiger partial charge in [-0.05, 0) is 104 Å². The predicted octanol–water partition coefficient (Wildman–Crippen LogP) is 6.91. The van der Waals surface area contributed by atoms with Gasteiger partial charge in [-0.25, -0.2) is 0 Å². The lowest BCUT2D eigenvalue weighted by atomic mass is 9.32. The highest BCUT2D eigenvalue weighted by atomic mass is 16.4. The molecule has 1 N–H and O–H groups in total. The molecule has 0 radical (unpaired) electrons. The second-order valence-corrected chi connectivity index (χ2v) is 13.7. The minimum atomic E-state index is -0.551. The van der Waals surface area contributed by atoms with Crippen LogP contribution in [-0.2, 0) is 9.59 Å². The summed E-state index contributed by atoms with van der Waals surface area (Å²) in [6.07, 6.45) is 12.2. The van der Waals surface area contributed by atoms with Crippen molar-refractivity contribution >= 4 is 11.8 Å². The van der Waals surface area contributed by atoms with Crippen molar-refractivity contribution < 1.29 is 14.7 Å². The third-order valence-electron chi connectivity index (χ3n) is 13.0. The van der Waals surface area contributed by atoms with Crippen LogP contribution in [0.3, 0.4) is 0 Å². The van der Waals surface area contributed by atoms with Crippen LogP contribution in [0.2, 0.25) is 0 Å². The number of hydrogen-bond donors (Lipinski definition) is 1. The van der Waals surface area contributed by atoms with Crippen molar-refractivity contribution in [3.63, 3.8) is 0 Å². The number of aliphatic carboxylic acids is 1. The fraction of sp³-hybridized carbons (Fsp3) is 0.862. The van der Waals surface area contributed by atoms with E-state index in [4.69, 9.17) is 0 Å². The average molecular weight is 441 g/mol. The van der Waals surface area contributed by atoms with Crippen molar-refractivity contribution in [3.8, 4) is 0 Å². The van der Waals surface area contributed by atoms with Gasteiger partial charge in [0.25, 0.3) is 0 Å². The molecule has 0 amide bonds. The van der Waals surface area contributed by atoms with E-state index >= 15 is 0 Å². The van der Waals surface area contributed by atoms with Gasteiger partial charge in [0.1, 0.15) is 5.78 Å². The zero-order valence-corrected chi connectivity index (χ0v) is 21.0. The summed E-state index contributed by atoms with van der Waals surface area (Å²) in [5.74, 6) is 2.07. The molecule has 5 saturated carbocycles. The molecule has 3 heteroatoms. The molecule has 3 nitrogen and oxygen atoms in total. The summed E-state index contributed by atoms with van der Waals surface area (Å²) >= 11 is 0. The zero-order valence-electron chi connectivity index (χ0n) is 21.0. The van der Waals surface area contributed by atoms with Crippen LogP contribution in [-0.4, -0.2) is 16.9 Å². The summed E-state index contributed by atoms with van der Waals surface area (Å²) in [4.78, 5) is 25.5. The number of carboxylic acid groups (broad SMARTS) is 1. The molecule has 0 saturated heterocycles. The van der Waals surface area contributed by atoms with Gasteiger partial charge in [0.2, 0.25) is 0 Å². The molecular weight excluding hydrogens is 396 g/mol. The number of Topliss-reactive ketones (excluding diaryl/α,β-unsaturated/α-hetero) is 1. The van der Waals surface area contributed by atoms with Gasteiger partial charge in [0.15, 0.2) is 0 Å². The lowest BCUT2D eigenvalue weighted by Crippen LogP contribution is -2.66. The number of fused-ring (bicyclic) bond motifs is 7. The van der Waals surface area contributed by atoms with Crippen molar-refractivity contribution in [3.05, 3.63) is 12.7 Å². The largest absolute Gasteiger partial charge is 0.481 e. The van der Waals surface area contributed by atoms with E-state index in [0.29, 0.717) is 29.5 Å². The molecule has 0 aromatic carbocycles. The molecule has 5 rings (SSSR count). The minimum absolute atomic E-state index is 0.171. The first-order chi connectivity index (χ1) is 14.9. The maximum atomic E-state index is 12.9. The molecular formula is C29H44O3. The van der Waals surface area contributed by atoms with Gasteiger partial charge in [-0.3, -0.25) is 9.59 Å². The van der Waals surface area contributed by atoms with Gasteiger partial charge in [-0.15, -0.1) is 6.58 Å². The molecule has 5 fully saturated rings. The van der Waals surface area contributed by atoms with Gasteiger partial charge < -0.3 is 5.11 Å². The maximum absolute atomic E-state index is 12.9. The van der Waals surface area contributed by atoms with Gasteiger partial charge in [-0.1, -0.05) is 40.7 Å². The average Bonchev–Trinajstić information content (AvgIpc) is 3.12. The van der Waals surface area contributed by atoms with E-state index < -0.39 is 11.4 Å². The molecule has 0 spiro atoms. The van der Waals surface area contributed by atoms with Crippen molar-refractivity contribution in [2.24, 2.45) is 56.7 Å². The van der Waals surface area contributed by atoms with E-state index in [-0.39, 0.29) is 27.6 Å². The molecule has 5 aliphatic rings. The Morgan fingerprint density at radius 2 is 1.62 bits per heavy atom. The Labute approximate surface area is 194 Å². The molecule has 0 bridgehead atoms. The second kappa shape index (κ2) is 6.72. The number of carbonyl (C=O) groups is 2. The maximum Gasteiger partial charge on any atom is 0.309 e. The number of ketones is 1. The molecule has 178 valence electrons. The predicted molar refractivity (Wildman–Crippen MR) is 127 cm³/mol. The molecule has 0 heterocycles. The standard InChI is InChI=1S/C29H44O3/c1-7-18-10-15-29(24(31)32)17-16-27(5)19(23(18)29)8-9-21-26(4)13-12-22(30)25(2,3)20(26)11-14-28(21,27)6/h7,18-21,23H,1,8-17H2,2-6H3,(H,31,32)/t18-,19-,20+,21-,23-,26+,27-,28-,29+/m1/s1. The minimum Gasteiger partial charge on any atom is -0.481 e. The SMILES string of the molecule is C=C[C@@H]1CC[C@]2(C(=O)O)CC[C@]3(C)[C@H](CC[C@@H]4[C@@]5(C)CCC(=O)C(C)(C)[C@@H]5CC[C@]43C)[C@@H]12. The van der Waals surface area contributed by atoms with Crippen LogP contribution in [0.15, 0.2) is 12.7 Å². The smallest absolute Gasteiger partial charge is 0.309 e. The van der Waals surface area contributed by atoms with E-state index in [1.165, 1.54) is 12.8 Å². The van der Waals surface area contributed by atoms with E-state index in [2.05, 4.69) is 47.3 Å². The zero-order chi connectivity index (χ0) is 23.3. The number of hydrogen-bond acceptors (Lipinski definition) is 2. The summed E-state index contributed by atoms with van der Waals surface area (Å²) in [7, 11) is 0. The fourth-order valence-corrected chi connectivity index (χ4v) is 11.1. The molecule has 5 aliphatic carbocycles. The molecule has 0 unspecified atom stereocenters. The second-order valence-electron chi connectivity index (χ2n) is 13.7. The normalized spacial score (nSPS) is 54.0. The van der Waals surface area contributed by atoms with Gasteiger partial charge in [0, 0.05) is 11.8 Å². The Bertz CT molecular complexity index is 858.